The number of hydrogen-bond donors (Lipinski definition) is 5. The van der Waals surface area contributed by atoms with Gasteiger partial charge in [-0.05, 0) is 64.0 Å². The molecule has 5 heterocycles. The number of aliphatic hydroxyl groups excluding tert-OH is 1. The highest BCUT2D eigenvalue weighted by molar-refractivity contribution is 5.76. The van der Waals surface area contributed by atoms with E-state index >= 15 is 0 Å². The van der Waals surface area contributed by atoms with Gasteiger partial charge in [-0.1, -0.05) is 43.7 Å². The van der Waals surface area contributed by atoms with Crippen molar-refractivity contribution < 1.29 is 15.0 Å². The van der Waals surface area contributed by atoms with Gasteiger partial charge in [-0.15, -0.1) is 0 Å². The number of aryl methyl sites for hydroxylation is 1. The summed E-state index contributed by atoms with van der Waals surface area (Å²) in [7, 11) is 2.15. The van der Waals surface area contributed by atoms with E-state index in [0.717, 1.165) is 102 Å². The monoisotopic (exact) mass is 703 g/mol. The molecule has 2 aromatic heterocycles. The van der Waals surface area contributed by atoms with Crippen molar-refractivity contribution in [2.24, 2.45) is 10.8 Å². The van der Waals surface area contributed by atoms with Gasteiger partial charge in [0.25, 0.3) is 0 Å². The number of rotatable bonds is 11. The van der Waals surface area contributed by atoms with E-state index in [9.17, 15) is 15.0 Å². The van der Waals surface area contributed by atoms with Gasteiger partial charge in [0, 0.05) is 69.9 Å². The zero-order chi connectivity index (χ0) is 36.4. The first-order valence-corrected chi connectivity index (χ1v) is 18.4. The number of piperidine rings is 2. The third kappa shape index (κ3) is 9.88. The molecule has 3 saturated heterocycles. The Balaban J connectivity index is 0.000000198. The topological polar surface area (TPSA) is 200 Å². The normalized spacial score (nSPS) is 22.7. The number of aromatic nitrogens is 4. The van der Waals surface area contributed by atoms with E-state index in [4.69, 9.17) is 17.2 Å². The molecule has 2 atom stereocenters. The molecular weight excluding hydrogens is 646 g/mol. The van der Waals surface area contributed by atoms with Crippen LogP contribution in [0.15, 0.2) is 42.5 Å². The number of nitrogen functional groups attached to an aromatic ring is 3. The second-order valence-electron chi connectivity index (χ2n) is 14.6. The second-order valence-corrected chi connectivity index (χ2v) is 14.6. The summed E-state index contributed by atoms with van der Waals surface area (Å²) in [4.78, 5) is 38.1. The van der Waals surface area contributed by atoms with Gasteiger partial charge in [0.15, 0.2) is 0 Å². The van der Waals surface area contributed by atoms with Crippen molar-refractivity contribution in [1.29, 1.82) is 0 Å². The van der Waals surface area contributed by atoms with Crippen molar-refractivity contribution in [3.63, 3.8) is 0 Å². The lowest BCUT2D eigenvalue weighted by atomic mass is 9.75. The summed E-state index contributed by atoms with van der Waals surface area (Å²) >= 11 is 0. The van der Waals surface area contributed by atoms with Gasteiger partial charge in [0.2, 0.25) is 11.9 Å². The maximum atomic E-state index is 12.1. The van der Waals surface area contributed by atoms with Crippen LogP contribution in [0.1, 0.15) is 63.9 Å². The highest BCUT2D eigenvalue weighted by Gasteiger charge is 2.42. The van der Waals surface area contributed by atoms with Gasteiger partial charge < -0.3 is 47.0 Å². The van der Waals surface area contributed by atoms with Crippen molar-refractivity contribution in [2.75, 3.05) is 97.9 Å². The molecule has 0 saturated carbocycles. The molecule has 0 spiro atoms. The molecule has 1 aromatic carbocycles. The highest BCUT2D eigenvalue weighted by Crippen LogP contribution is 2.38. The Morgan fingerprint density at radius 2 is 1.39 bits per heavy atom. The first kappa shape index (κ1) is 37.8. The number of carboxylic acids is 1. The molecule has 0 radical (unpaired) electrons. The number of likely N-dealkylation sites (N-methyl/N-ethyl adjacent to an activating group) is 1. The quantitative estimate of drug-likeness (QED) is 0.194. The lowest BCUT2D eigenvalue weighted by Crippen LogP contribution is -2.48. The smallest absolute Gasteiger partial charge is 0.311 e. The van der Waals surface area contributed by atoms with Gasteiger partial charge in [0.1, 0.15) is 23.3 Å². The first-order chi connectivity index (χ1) is 24.5. The third-order valence-corrected chi connectivity index (χ3v) is 10.7. The number of nitrogens with two attached hydrogens (primary N) is 3. The Bertz CT molecular complexity index is 1550. The summed E-state index contributed by atoms with van der Waals surface area (Å²) in [6.45, 7) is 9.37. The number of hydrogen-bond acceptors (Lipinski definition) is 13. The molecule has 3 aromatic rings. The summed E-state index contributed by atoms with van der Waals surface area (Å²) in [6.07, 6.45) is 8.10. The zero-order valence-corrected chi connectivity index (χ0v) is 30.4. The van der Waals surface area contributed by atoms with Gasteiger partial charge in [-0.3, -0.25) is 4.79 Å². The Hall–Kier alpha value is -4.43. The third-order valence-electron chi connectivity index (χ3n) is 10.7. The number of aliphatic hydroxyl groups is 1. The van der Waals surface area contributed by atoms with E-state index in [1.807, 2.05) is 23.1 Å². The van der Waals surface area contributed by atoms with Crippen LogP contribution >= 0.6 is 0 Å². The maximum absolute atomic E-state index is 12.1. The van der Waals surface area contributed by atoms with Crippen LogP contribution in [0.3, 0.4) is 0 Å². The van der Waals surface area contributed by atoms with Crippen molar-refractivity contribution in [1.82, 2.24) is 24.8 Å². The lowest BCUT2D eigenvalue weighted by Gasteiger charge is -2.42. The molecule has 14 heteroatoms. The van der Waals surface area contributed by atoms with Gasteiger partial charge in [-0.2, -0.15) is 19.9 Å². The molecular formula is C37H57N11O3. The zero-order valence-electron chi connectivity index (χ0n) is 30.4. The van der Waals surface area contributed by atoms with Gasteiger partial charge >= 0.3 is 5.97 Å². The van der Waals surface area contributed by atoms with Crippen LogP contribution in [-0.2, 0) is 11.2 Å². The SMILES string of the molecule is CCCC1(CO)CCCN(c2cc(N3CCN(C)CC3)nc(N)n2)C1.Nc1cc(N2CCCC(CCCc3ccccc3)(C(=O)O)C2)nc(N)n1. The van der Waals surface area contributed by atoms with Crippen molar-refractivity contribution >= 4 is 41.1 Å². The highest BCUT2D eigenvalue weighted by atomic mass is 16.4. The van der Waals surface area contributed by atoms with Crippen LogP contribution in [0, 0.1) is 10.8 Å². The molecule has 3 fully saturated rings. The number of nitrogens with zero attached hydrogens (tertiary/aromatic N) is 8. The van der Waals surface area contributed by atoms with E-state index in [-0.39, 0.29) is 18.0 Å². The molecule has 0 aliphatic carbocycles. The Kier molecular flexibility index (Phi) is 12.7. The van der Waals surface area contributed by atoms with Crippen molar-refractivity contribution in [3.05, 3.63) is 48.0 Å². The lowest BCUT2D eigenvalue weighted by molar-refractivity contribution is -0.150. The number of piperazine rings is 1. The number of carboxylic acid groups (broad SMARTS) is 1. The maximum Gasteiger partial charge on any atom is 0.311 e. The minimum absolute atomic E-state index is 0.0132. The predicted octanol–water partition coefficient (Wildman–Crippen LogP) is 3.52. The minimum atomic E-state index is -0.776. The summed E-state index contributed by atoms with van der Waals surface area (Å²) in [5, 5.41) is 19.9. The molecule has 3 aliphatic rings. The largest absolute Gasteiger partial charge is 0.481 e. The van der Waals surface area contributed by atoms with E-state index in [2.05, 4.69) is 66.8 Å². The van der Waals surface area contributed by atoms with Crippen LogP contribution in [0.4, 0.5) is 35.2 Å². The van der Waals surface area contributed by atoms with Crippen LogP contribution in [0.5, 0.6) is 0 Å². The van der Waals surface area contributed by atoms with Crippen LogP contribution in [0.25, 0.3) is 0 Å². The van der Waals surface area contributed by atoms with Crippen molar-refractivity contribution in [2.45, 2.75) is 64.7 Å². The first-order valence-electron chi connectivity index (χ1n) is 18.4. The Labute approximate surface area is 302 Å². The summed E-state index contributed by atoms with van der Waals surface area (Å²) in [6, 6.07) is 13.9. The molecule has 278 valence electrons. The van der Waals surface area contributed by atoms with Crippen LogP contribution < -0.4 is 31.9 Å². The van der Waals surface area contributed by atoms with E-state index in [0.29, 0.717) is 37.0 Å². The number of aliphatic carboxylic acids is 1. The molecule has 3 aliphatic heterocycles. The molecule has 0 bridgehead atoms. The minimum Gasteiger partial charge on any atom is -0.481 e. The molecule has 8 N–H and O–H groups in total. The summed E-state index contributed by atoms with van der Waals surface area (Å²) in [5.41, 5.74) is 17.9. The standard InChI is InChI=1S/C19H25N5O2.C18H32N6O/c20-15-12-16(23-18(21)22-15)24-11-5-10-19(13-24,17(25)26)9-4-8-14-6-2-1-3-7-14;1-3-5-18(14-25)6-4-7-24(13-18)16-12-15(20-17(19)21-16)23-10-8-22(2)9-11-23/h1-3,6-7,12H,4-5,8-11,13H2,(H,25,26)(H4,20,21,22,23);12,25H,3-11,13-14H2,1-2H3,(H2,19,20,21). The summed E-state index contributed by atoms with van der Waals surface area (Å²) in [5.74, 6) is 2.41. The number of carbonyl (C=O) groups is 1. The average molecular weight is 704 g/mol. The average Bonchev–Trinajstić information content (AvgIpc) is 3.12. The fourth-order valence-electron chi connectivity index (χ4n) is 7.87. The van der Waals surface area contributed by atoms with Gasteiger partial charge in [-0.25, -0.2) is 0 Å². The predicted molar refractivity (Wildman–Crippen MR) is 204 cm³/mol. The number of benzene rings is 1. The Morgan fingerprint density at radius 1 is 0.784 bits per heavy atom. The van der Waals surface area contributed by atoms with E-state index in [1.165, 1.54) is 5.56 Å². The van der Waals surface area contributed by atoms with E-state index < -0.39 is 11.4 Å². The molecule has 14 nitrogen and oxygen atoms in total. The molecule has 6 rings (SSSR count). The molecule has 2 unspecified atom stereocenters. The van der Waals surface area contributed by atoms with E-state index in [1.54, 1.807) is 6.07 Å². The fourth-order valence-corrected chi connectivity index (χ4v) is 7.87. The van der Waals surface area contributed by atoms with Gasteiger partial charge in [0.05, 0.1) is 12.0 Å². The molecule has 51 heavy (non-hydrogen) atoms. The number of anilines is 6. The second kappa shape index (κ2) is 17.2. The Morgan fingerprint density at radius 3 is 2.02 bits per heavy atom. The summed E-state index contributed by atoms with van der Waals surface area (Å²) < 4.78 is 0. The van der Waals surface area contributed by atoms with Crippen LogP contribution in [-0.4, -0.2) is 107 Å². The van der Waals surface area contributed by atoms with Crippen LogP contribution in [0.2, 0.25) is 0 Å². The van der Waals surface area contributed by atoms with Crippen molar-refractivity contribution in [3.8, 4) is 0 Å². The molecule has 0 amide bonds. The fraction of sp³-hybridized carbons (Fsp3) is 0.595.